The average Bonchev–Trinajstić information content (AvgIpc) is 2.35. The maximum Gasteiger partial charge on any atom is 0.189 e. The summed E-state index contributed by atoms with van der Waals surface area (Å²) in [6.45, 7) is 2.94. The van der Waals surface area contributed by atoms with Crippen molar-refractivity contribution in [1.82, 2.24) is 20.2 Å². The van der Waals surface area contributed by atoms with Crippen LogP contribution < -0.4 is 5.73 Å². The number of tetrazole rings is 1. The summed E-state index contributed by atoms with van der Waals surface area (Å²) in [7, 11) is 1.58. The van der Waals surface area contributed by atoms with Crippen LogP contribution in [-0.2, 0) is 12.7 Å². The first-order valence-corrected chi connectivity index (χ1v) is 3.63. The van der Waals surface area contributed by atoms with E-state index in [0.717, 1.165) is 0 Å². The maximum atomic E-state index is 13.8. The molecule has 12 heavy (non-hydrogen) atoms. The number of nitrogens with zero attached hydrogens (tertiary/aromatic N) is 4. The Labute approximate surface area is 69.7 Å². The van der Waals surface area contributed by atoms with Gasteiger partial charge in [0.2, 0.25) is 0 Å². The molecule has 0 saturated heterocycles. The molecule has 0 amide bonds. The minimum atomic E-state index is -1.68. The van der Waals surface area contributed by atoms with Gasteiger partial charge < -0.3 is 5.73 Å². The molecule has 0 spiro atoms. The van der Waals surface area contributed by atoms with Gasteiger partial charge in [-0.2, -0.15) is 0 Å². The van der Waals surface area contributed by atoms with Crippen LogP contribution in [0.15, 0.2) is 0 Å². The molecule has 1 heterocycles. The molecule has 6 heteroatoms. The first-order valence-electron chi connectivity index (χ1n) is 3.63. The van der Waals surface area contributed by atoms with Crippen molar-refractivity contribution in [2.24, 2.45) is 12.8 Å². The second-order valence-corrected chi connectivity index (χ2v) is 2.99. The summed E-state index contributed by atoms with van der Waals surface area (Å²) in [6.07, 6.45) is 0. The second-order valence-electron chi connectivity index (χ2n) is 2.99. The second kappa shape index (κ2) is 2.78. The zero-order valence-corrected chi connectivity index (χ0v) is 7.32. The lowest BCUT2D eigenvalue weighted by molar-refractivity contribution is 0.139. The van der Waals surface area contributed by atoms with E-state index in [4.69, 9.17) is 5.73 Å². The van der Waals surface area contributed by atoms with Crippen LogP contribution >= 0.6 is 0 Å². The van der Waals surface area contributed by atoms with Crippen molar-refractivity contribution < 1.29 is 4.39 Å². The minimum Gasteiger partial charge on any atom is -0.325 e. The third-order valence-electron chi connectivity index (χ3n) is 1.91. The normalized spacial score (nSPS) is 18.8. The van der Waals surface area contributed by atoms with Crippen LogP contribution in [0, 0.1) is 0 Å². The molecule has 5 nitrogen and oxygen atoms in total. The van der Waals surface area contributed by atoms with E-state index in [-0.39, 0.29) is 5.82 Å². The summed E-state index contributed by atoms with van der Waals surface area (Å²) in [5, 5.41) is 10.4. The van der Waals surface area contributed by atoms with Gasteiger partial charge in [-0.1, -0.05) is 0 Å². The average molecular weight is 173 g/mol. The van der Waals surface area contributed by atoms with Crippen molar-refractivity contribution in [1.29, 1.82) is 0 Å². The standard InChI is InChI=1S/C6H12FN5/c1-4(8)6(2,7)5-9-10-11-12(5)3/h4H,8H2,1-3H3. The highest BCUT2D eigenvalue weighted by molar-refractivity contribution is 5.01. The third kappa shape index (κ3) is 1.29. The molecular formula is C6H12FN5. The molecule has 2 atom stereocenters. The summed E-state index contributed by atoms with van der Waals surface area (Å²) >= 11 is 0. The highest BCUT2D eigenvalue weighted by Gasteiger charge is 2.35. The summed E-state index contributed by atoms with van der Waals surface area (Å²) in [5.41, 5.74) is 3.76. The molecule has 1 aromatic heterocycles. The fourth-order valence-electron chi connectivity index (χ4n) is 0.847. The number of hydrogen-bond acceptors (Lipinski definition) is 4. The van der Waals surface area contributed by atoms with Gasteiger partial charge in [0, 0.05) is 13.1 Å². The van der Waals surface area contributed by atoms with Crippen LogP contribution in [0.1, 0.15) is 19.7 Å². The highest BCUT2D eigenvalue weighted by atomic mass is 19.1. The van der Waals surface area contributed by atoms with E-state index in [1.165, 1.54) is 11.6 Å². The fourth-order valence-corrected chi connectivity index (χ4v) is 0.847. The van der Waals surface area contributed by atoms with Gasteiger partial charge >= 0.3 is 0 Å². The molecule has 0 aliphatic carbocycles. The highest BCUT2D eigenvalue weighted by Crippen LogP contribution is 2.24. The largest absolute Gasteiger partial charge is 0.325 e. The van der Waals surface area contributed by atoms with Gasteiger partial charge in [0.25, 0.3) is 0 Å². The van der Waals surface area contributed by atoms with Crippen molar-refractivity contribution in [2.45, 2.75) is 25.6 Å². The van der Waals surface area contributed by atoms with Gasteiger partial charge in [-0.3, -0.25) is 0 Å². The topological polar surface area (TPSA) is 69.6 Å². The SMILES string of the molecule is CC(N)C(C)(F)c1nnnn1C. The Balaban J connectivity index is 3.05. The van der Waals surface area contributed by atoms with Crippen LogP contribution in [0.4, 0.5) is 4.39 Å². The lowest BCUT2D eigenvalue weighted by Crippen LogP contribution is -2.39. The number of nitrogens with two attached hydrogens (primary N) is 1. The van der Waals surface area contributed by atoms with E-state index in [0.29, 0.717) is 0 Å². The van der Waals surface area contributed by atoms with E-state index in [1.54, 1.807) is 14.0 Å². The predicted octanol–water partition coefficient (Wildman–Crippen LogP) is -0.258. The summed E-state index contributed by atoms with van der Waals surface area (Å²) in [6, 6.07) is -0.637. The summed E-state index contributed by atoms with van der Waals surface area (Å²) in [5.74, 6) is 0.150. The number of rotatable bonds is 2. The molecule has 0 bridgehead atoms. The Morgan fingerprint density at radius 2 is 2.25 bits per heavy atom. The number of alkyl halides is 1. The van der Waals surface area contributed by atoms with E-state index in [1.807, 2.05) is 0 Å². The Morgan fingerprint density at radius 3 is 2.58 bits per heavy atom. The van der Waals surface area contributed by atoms with Crippen LogP contribution in [-0.4, -0.2) is 26.2 Å². The Morgan fingerprint density at radius 1 is 1.67 bits per heavy atom. The summed E-state index contributed by atoms with van der Waals surface area (Å²) < 4.78 is 15.0. The van der Waals surface area contributed by atoms with Crippen molar-refractivity contribution in [2.75, 3.05) is 0 Å². The van der Waals surface area contributed by atoms with Crippen molar-refractivity contribution >= 4 is 0 Å². The molecule has 0 radical (unpaired) electrons. The predicted molar refractivity (Wildman–Crippen MR) is 40.9 cm³/mol. The lowest BCUT2D eigenvalue weighted by Gasteiger charge is -2.21. The van der Waals surface area contributed by atoms with Gasteiger partial charge in [0.15, 0.2) is 11.5 Å². The molecule has 0 aromatic carbocycles. The fraction of sp³-hybridized carbons (Fsp3) is 0.833. The Kier molecular flexibility index (Phi) is 2.10. The number of halogens is 1. The van der Waals surface area contributed by atoms with Crippen molar-refractivity contribution in [3.63, 3.8) is 0 Å². The van der Waals surface area contributed by atoms with E-state index in [9.17, 15) is 4.39 Å². The van der Waals surface area contributed by atoms with E-state index >= 15 is 0 Å². The molecule has 0 fully saturated rings. The minimum absolute atomic E-state index is 0.150. The van der Waals surface area contributed by atoms with Gasteiger partial charge in [-0.15, -0.1) is 5.10 Å². The molecule has 0 aliphatic rings. The van der Waals surface area contributed by atoms with Crippen LogP contribution in [0.2, 0.25) is 0 Å². The van der Waals surface area contributed by atoms with Gasteiger partial charge in [-0.05, 0) is 24.3 Å². The first kappa shape index (κ1) is 9.05. The Hall–Kier alpha value is -1.04. The van der Waals surface area contributed by atoms with Crippen LogP contribution in [0.3, 0.4) is 0 Å². The number of aromatic nitrogens is 4. The monoisotopic (exact) mass is 173 g/mol. The quantitative estimate of drug-likeness (QED) is 0.669. The number of hydrogen-bond donors (Lipinski definition) is 1. The smallest absolute Gasteiger partial charge is 0.189 e. The molecular weight excluding hydrogens is 161 g/mol. The Bertz CT molecular complexity index is 267. The molecule has 1 aromatic rings. The van der Waals surface area contributed by atoms with Gasteiger partial charge in [-0.25, -0.2) is 9.07 Å². The van der Waals surface area contributed by atoms with Gasteiger partial charge in [0.1, 0.15) is 0 Å². The molecule has 0 aliphatic heterocycles. The maximum absolute atomic E-state index is 13.8. The van der Waals surface area contributed by atoms with Gasteiger partial charge in [0.05, 0.1) is 0 Å². The zero-order chi connectivity index (χ0) is 9.35. The molecule has 2 unspecified atom stereocenters. The van der Waals surface area contributed by atoms with Crippen molar-refractivity contribution in [3.8, 4) is 0 Å². The first-order chi connectivity index (χ1) is 5.46. The zero-order valence-electron chi connectivity index (χ0n) is 7.32. The molecule has 2 N–H and O–H groups in total. The van der Waals surface area contributed by atoms with E-state index < -0.39 is 11.7 Å². The summed E-state index contributed by atoms with van der Waals surface area (Å²) in [4.78, 5) is 0. The van der Waals surface area contributed by atoms with Crippen molar-refractivity contribution in [3.05, 3.63) is 5.82 Å². The third-order valence-corrected chi connectivity index (χ3v) is 1.91. The molecule has 1 rings (SSSR count). The number of aryl methyl sites for hydroxylation is 1. The van der Waals surface area contributed by atoms with Crippen LogP contribution in [0.25, 0.3) is 0 Å². The molecule has 0 saturated carbocycles. The lowest BCUT2D eigenvalue weighted by atomic mass is 10.0. The van der Waals surface area contributed by atoms with E-state index in [2.05, 4.69) is 15.5 Å². The molecule has 68 valence electrons. The van der Waals surface area contributed by atoms with Crippen LogP contribution in [0.5, 0.6) is 0 Å².